The largest absolute Gasteiger partial charge is 0.0949 e. The van der Waals surface area contributed by atoms with Crippen LogP contribution >= 0.6 is 0 Å². The second-order valence-corrected chi connectivity index (χ2v) is 5.75. The third kappa shape index (κ3) is 1.73. The average molecular weight is 200 g/mol. The molecule has 2 rings (SSSR count). The van der Waals surface area contributed by atoms with Crippen molar-refractivity contribution < 1.29 is 0 Å². The van der Waals surface area contributed by atoms with Crippen molar-refractivity contribution in [3.63, 3.8) is 0 Å². The molecular formula is C15H20. The van der Waals surface area contributed by atoms with Crippen LogP contribution in [0, 0.1) is 5.92 Å². The fraction of sp³-hybridized carbons (Fsp3) is 0.467. The van der Waals surface area contributed by atoms with Gasteiger partial charge in [-0.2, -0.15) is 0 Å². The zero-order valence-electron chi connectivity index (χ0n) is 10.2. The van der Waals surface area contributed by atoms with E-state index in [-0.39, 0.29) is 5.41 Å². The number of rotatable bonds is 0. The van der Waals surface area contributed by atoms with E-state index in [9.17, 15) is 0 Å². The third-order valence-electron chi connectivity index (χ3n) is 3.44. The van der Waals surface area contributed by atoms with Crippen molar-refractivity contribution in [3.05, 3.63) is 41.5 Å². The van der Waals surface area contributed by atoms with Gasteiger partial charge in [0.2, 0.25) is 0 Å². The SMILES string of the molecule is C=C1c2cc(C(C)(C)C)ccc2CC1C. The Morgan fingerprint density at radius 3 is 2.53 bits per heavy atom. The van der Waals surface area contributed by atoms with Crippen LogP contribution in [0.15, 0.2) is 24.8 Å². The van der Waals surface area contributed by atoms with Gasteiger partial charge < -0.3 is 0 Å². The molecule has 0 saturated heterocycles. The van der Waals surface area contributed by atoms with Gasteiger partial charge in [0.25, 0.3) is 0 Å². The highest BCUT2D eigenvalue weighted by molar-refractivity contribution is 5.73. The Labute approximate surface area is 93.0 Å². The predicted octanol–water partition coefficient (Wildman–Crippen LogP) is 4.19. The third-order valence-corrected chi connectivity index (χ3v) is 3.44. The summed E-state index contributed by atoms with van der Waals surface area (Å²) in [7, 11) is 0. The van der Waals surface area contributed by atoms with Crippen LogP contribution in [0.5, 0.6) is 0 Å². The van der Waals surface area contributed by atoms with E-state index in [0.29, 0.717) is 5.92 Å². The molecule has 0 amide bonds. The van der Waals surface area contributed by atoms with Crippen molar-refractivity contribution in [2.45, 2.75) is 39.5 Å². The van der Waals surface area contributed by atoms with Gasteiger partial charge in [-0.15, -0.1) is 0 Å². The molecule has 0 bridgehead atoms. The molecule has 80 valence electrons. The van der Waals surface area contributed by atoms with E-state index in [1.54, 1.807) is 0 Å². The van der Waals surface area contributed by atoms with E-state index in [1.807, 2.05) is 0 Å². The maximum atomic E-state index is 4.20. The molecule has 1 aromatic carbocycles. The lowest BCUT2D eigenvalue weighted by Gasteiger charge is -2.20. The van der Waals surface area contributed by atoms with Crippen LogP contribution in [0.3, 0.4) is 0 Å². The molecule has 1 aliphatic carbocycles. The van der Waals surface area contributed by atoms with Gasteiger partial charge in [0.15, 0.2) is 0 Å². The predicted molar refractivity (Wildman–Crippen MR) is 67.0 cm³/mol. The molecule has 0 nitrogen and oxygen atoms in total. The summed E-state index contributed by atoms with van der Waals surface area (Å²) in [5.74, 6) is 0.621. The van der Waals surface area contributed by atoms with Gasteiger partial charge >= 0.3 is 0 Å². The molecule has 1 aliphatic rings. The summed E-state index contributed by atoms with van der Waals surface area (Å²) < 4.78 is 0. The van der Waals surface area contributed by atoms with Crippen molar-refractivity contribution in [1.29, 1.82) is 0 Å². The van der Waals surface area contributed by atoms with Crippen LogP contribution in [0.4, 0.5) is 0 Å². The van der Waals surface area contributed by atoms with E-state index in [4.69, 9.17) is 0 Å². The minimum Gasteiger partial charge on any atom is -0.0949 e. The zero-order valence-corrected chi connectivity index (χ0v) is 10.2. The van der Waals surface area contributed by atoms with Crippen molar-refractivity contribution in [3.8, 4) is 0 Å². The Balaban J connectivity index is 2.49. The highest BCUT2D eigenvalue weighted by Gasteiger charge is 2.23. The van der Waals surface area contributed by atoms with Crippen LogP contribution in [-0.2, 0) is 11.8 Å². The van der Waals surface area contributed by atoms with Crippen LogP contribution in [0.2, 0.25) is 0 Å². The lowest BCUT2D eigenvalue weighted by Crippen LogP contribution is -2.11. The van der Waals surface area contributed by atoms with Gasteiger partial charge in [-0.25, -0.2) is 0 Å². The minimum absolute atomic E-state index is 0.237. The molecule has 0 aromatic heterocycles. The molecule has 15 heavy (non-hydrogen) atoms. The van der Waals surface area contributed by atoms with Crippen LogP contribution in [0.25, 0.3) is 5.57 Å². The Hall–Kier alpha value is -1.04. The lowest BCUT2D eigenvalue weighted by molar-refractivity contribution is 0.590. The van der Waals surface area contributed by atoms with Crippen molar-refractivity contribution >= 4 is 5.57 Å². The van der Waals surface area contributed by atoms with Gasteiger partial charge in [0, 0.05) is 0 Å². The summed E-state index contributed by atoms with van der Waals surface area (Å²) in [4.78, 5) is 0. The maximum absolute atomic E-state index is 4.20. The van der Waals surface area contributed by atoms with Crippen molar-refractivity contribution in [2.75, 3.05) is 0 Å². The molecule has 1 atom stereocenters. The summed E-state index contributed by atoms with van der Waals surface area (Å²) in [6, 6.07) is 6.88. The molecule has 0 radical (unpaired) electrons. The normalized spacial score (nSPS) is 20.5. The highest BCUT2D eigenvalue weighted by Crippen LogP contribution is 2.37. The van der Waals surface area contributed by atoms with E-state index >= 15 is 0 Å². The first-order chi connectivity index (χ1) is 6.89. The standard InChI is InChI=1S/C15H20/c1-10-8-12-6-7-13(15(3,4)5)9-14(12)11(10)2/h6-7,9-10H,2,8H2,1,3-5H3. The highest BCUT2D eigenvalue weighted by atomic mass is 14.3. The smallest absolute Gasteiger partial charge is 0.0132 e. The summed E-state index contributed by atoms with van der Waals surface area (Å²) in [6.07, 6.45) is 1.17. The van der Waals surface area contributed by atoms with E-state index in [2.05, 4.69) is 52.5 Å². The molecule has 0 aliphatic heterocycles. The Bertz CT molecular complexity index is 405. The molecule has 0 fully saturated rings. The monoisotopic (exact) mass is 200 g/mol. The first kappa shape index (κ1) is 10.5. The Kier molecular flexibility index (Phi) is 2.26. The molecule has 1 aromatic rings. The van der Waals surface area contributed by atoms with Crippen LogP contribution in [0.1, 0.15) is 44.4 Å². The first-order valence-corrected chi connectivity index (χ1v) is 5.72. The second-order valence-electron chi connectivity index (χ2n) is 5.75. The number of hydrogen-bond donors (Lipinski definition) is 0. The number of hydrogen-bond acceptors (Lipinski definition) is 0. The van der Waals surface area contributed by atoms with Gasteiger partial charge in [-0.1, -0.05) is 52.5 Å². The second kappa shape index (κ2) is 3.23. The maximum Gasteiger partial charge on any atom is -0.0132 e. The van der Waals surface area contributed by atoms with Crippen LogP contribution < -0.4 is 0 Å². The van der Waals surface area contributed by atoms with Gasteiger partial charge in [-0.05, 0) is 40.0 Å². The molecule has 1 unspecified atom stereocenters. The zero-order chi connectivity index (χ0) is 11.2. The Morgan fingerprint density at radius 1 is 1.27 bits per heavy atom. The van der Waals surface area contributed by atoms with E-state index in [1.165, 1.54) is 28.7 Å². The topological polar surface area (TPSA) is 0 Å². The van der Waals surface area contributed by atoms with E-state index in [0.717, 1.165) is 0 Å². The average Bonchev–Trinajstić information content (AvgIpc) is 2.41. The summed E-state index contributed by atoms with van der Waals surface area (Å²) in [5.41, 5.74) is 5.84. The first-order valence-electron chi connectivity index (χ1n) is 5.72. The van der Waals surface area contributed by atoms with Crippen LogP contribution in [-0.4, -0.2) is 0 Å². The lowest BCUT2D eigenvalue weighted by atomic mass is 9.85. The fourth-order valence-electron chi connectivity index (χ4n) is 2.24. The summed E-state index contributed by atoms with van der Waals surface area (Å²) in [6.45, 7) is 13.2. The quantitative estimate of drug-likeness (QED) is 0.589. The molecular weight excluding hydrogens is 180 g/mol. The molecule has 0 saturated carbocycles. The van der Waals surface area contributed by atoms with Gasteiger partial charge in [0.1, 0.15) is 0 Å². The van der Waals surface area contributed by atoms with Gasteiger partial charge in [-0.3, -0.25) is 0 Å². The molecule has 0 heteroatoms. The fourth-order valence-corrected chi connectivity index (χ4v) is 2.24. The number of fused-ring (bicyclic) bond motifs is 1. The summed E-state index contributed by atoms with van der Waals surface area (Å²) >= 11 is 0. The van der Waals surface area contributed by atoms with Crippen molar-refractivity contribution in [2.24, 2.45) is 5.92 Å². The number of allylic oxidation sites excluding steroid dienone is 1. The van der Waals surface area contributed by atoms with Gasteiger partial charge in [0.05, 0.1) is 0 Å². The summed E-state index contributed by atoms with van der Waals surface area (Å²) in [5, 5.41) is 0. The molecule has 0 N–H and O–H groups in total. The molecule has 0 spiro atoms. The van der Waals surface area contributed by atoms with E-state index < -0.39 is 0 Å². The Morgan fingerprint density at radius 2 is 1.93 bits per heavy atom. The van der Waals surface area contributed by atoms with Crippen molar-refractivity contribution in [1.82, 2.24) is 0 Å². The number of benzene rings is 1. The minimum atomic E-state index is 0.237. The molecule has 0 heterocycles.